The first kappa shape index (κ1) is 48.2. The summed E-state index contributed by atoms with van der Waals surface area (Å²) < 4.78 is 4.83. The third kappa shape index (κ3) is 7.46. The van der Waals surface area contributed by atoms with Crippen molar-refractivity contribution in [2.45, 2.75) is 0 Å². The Bertz CT molecular complexity index is 5690. The Morgan fingerprint density at radius 1 is 0.151 bits per heavy atom. The van der Waals surface area contributed by atoms with E-state index in [4.69, 9.17) is 0 Å². The quantitative estimate of drug-likeness (QED) is 0.141. The van der Waals surface area contributed by atoms with Crippen LogP contribution in [0.2, 0.25) is 0 Å². The lowest BCUT2D eigenvalue weighted by atomic mass is 9.89. The van der Waals surface area contributed by atoms with Crippen molar-refractivity contribution in [3.8, 4) is 67.0 Å². The number of benzene rings is 16. The van der Waals surface area contributed by atoms with E-state index in [0.717, 1.165) is 11.4 Å². The number of hydrogen-bond acceptors (Lipinski definition) is 0. The largest absolute Gasteiger partial charge is 0.309 e. The molecule has 0 radical (unpaired) electrons. The summed E-state index contributed by atoms with van der Waals surface area (Å²) in [6, 6.07) is 117. The van der Waals surface area contributed by atoms with Gasteiger partial charge >= 0.3 is 0 Å². The van der Waals surface area contributed by atoms with E-state index >= 15 is 0 Å². The van der Waals surface area contributed by atoms with Gasteiger partial charge in [0.15, 0.2) is 0 Å². The Labute approximate surface area is 496 Å². The first-order valence-corrected chi connectivity index (χ1v) is 29.8. The van der Waals surface area contributed by atoms with Crippen molar-refractivity contribution in [1.82, 2.24) is 9.13 Å². The summed E-state index contributed by atoms with van der Waals surface area (Å²) in [5.41, 5.74) is 19.1. The molecule has 16 aromatic carbocycles. The fourth-order valence-electron chi connectivity index (χ4n) is 14.5. The van der Waals surface area contributed by atoms with Crippen LogP contribution in [0.1, 0.15) is 0 Å². The van der Waals surface area contributed by atoms with Gasteiger partial charge in [0.2, 0.25) is 0 Å². The number of hydrogen-bond donors (Lipinski definition) is 0. The van der Waals surface area contributed by atoms with Crippen molar-refractivity contribution in [1.29, 1.82) is 0 Å². The molecule has 398 valence electrons. The molecule has 0 amide bonds. The van der Waals surface area contributed by atoms with Crippen LogP contribution in [0.5, 0.6) is 0 Å². The number of nitrogens with zero attached hydrogens (tertiary/aromatic N) is 2. The zero-order valence-corrected chi connectivity index (χ0v) is 46.9. The molecule has 0 aliphatic heterocycles. The third-order valence-electron chi connectivity index (χ3n) is 18.5. The normalized spacial score (nSPS) is 12.0. The van der Waals surface area contributed by atoms with Crippen molar-refractivity contribution in [3.05, 3.63) is 315 Å². The topological polar surface area (TPSA) is 9.86 Å². The van der Waals surface area contributed by atoms with Gasteiger partial charge < -0.3 is 9.13 Å². The lowest BCUT2D eigenvalue weighted by Gasteiger charge is -2.14. The molecule has 0 atom stereocenters. The fraction of sp³-hybridized carbons (Fsp3) is 0. The van der Waals surface area contributed by atoms with Crippen LogP contribution in [-0.2, 0) is 0 Å². The van der Waals surface area contributed by atoms with Crippen LogP contribution >= 0.6 is 0 Å². The molecular weight excluding hydrogens is 1040 g/mol. The third-order valence-corrected chi connectivity index (χ3v) is 18.5. The minimum Gasteiger partial charge on any atom is -0.309 e. The van der Waals surface area contributed by atoms with Crippen LogP contribution in [0.3, 0.4) is 0 Å². The molecule has 0 aliphatic carbocycles. The summed E-state index contributed by atoms with van der Waals surface area (Å²) in [5.74, 6) is 0. The Kier molecular flexibility index (Phi) is 10.7. The van der Waals surface area contributed by atoms with Crippen molar-refractivity contribution in [3.63, 3.8) is 0 Å². The number of aromatic nitrogens is 2. The fourth-order valence-corrected chi connectivity index (χ4v) is 14.5. The Hall–Kier alpha value is -11.3. The van der Waals surface area contributed by atoms with Crippen molar-refractivity contribution in [2.24, 2.45) is 0 Å². The van der Waals surface area contributed by atoms with E-state index in [1.807, 2.05) is 0 Å². The maximum atomic E-state index is 2.44. The van der Waals surface area contributed by atoms with Crippen molar-refractivity contribution in [2.75, 3.05) is 0 Å². The molecule has 0 N–H and O–H groups in total. The maximum Gasteiger partial charge on any atom is 0.0547 e. The van der Waals surface area contributed by atoms with Crippen LogP contribution in [0.25, 0.3) is 175 Å². The second kappa shape index (κ2) is 19.1. The minimum atomic E-state index is 1.14. The molecule has 2 heterocycles. The van der Waals surface area contributed by atoms with Crippen molar-refractivity contribution >= 4 is 108 Å². The number of para-hydroxylation sites is 3. The highest BCUT2D eigenvalue weighted by Gasteiger charge is 2.19. The maximum absolute atomic E-state index is 2.44. The molecule has 0 saturated heterocycles. The highest BCUT2D eigenvalue weighted by molar-refractivity contribution is 6.28. The van der Waals surface area contributed by atoms with Gasteiger partial charge in [-0.3, -0.25) is 0 Å². The standard InChI is InChI=1S/C84H52N2/c1-2-19-67-65(17-1)66-18-3-4-20-68(66)77-50-59(41-46-71(67)77)56-33-31-53(32-34-56)54-39-44-62(45-40-54)85-82-29-12-9-25-76(82)84-64(26-14-30-83(84)85)61-43-48-73-72-47-42-60(51-78(72)69-21-5-6-22-70(69)79(73)52-61)57-37-35-55(36-38-57)58-15-13-16-63(49-58)86-80-27-10-7-23-74(80)75-24-8-11-28-81(75)86/h1-52H. The van der Waals surface area contributed by atoms with Gasteiger partial charge in [0, 0.05) is 32.9 Å². The van der Waals surface area contributed by atoms with E-state index in [-0.39, 0.29) is 0 Å². The molecule has 0 unspecified atom stereocenters. The monoisotopic (exact) mass is 1090 g/mol. The van der Waals surface area contributed by atoms with Crippen LogP contribution in [-0.4, -0.2) is 9.13 Å². The zero-order valence-electron chi connectivity index (χ0n) is 46.9. The average molecular weight is 1090 g/mol. The molecule has 0 aliphatic rings. The molecule has 0 spiro atoms. The smallest absolute Gasteiger partial charge is 0.0547 e. The molecule has 0 bridgehead atoms. The first-order chi connectivity index (χ1) is 42.6. The van der Waals surface area contributed by atoms with Gasteiger partial charge in [0.1, 0.15) is 0 Å². The van der Waals surface area contributed by atoms with Gasteiger partial charge in [-0.25, -0.2) is 0 Å². The second-order valence-corrected chi connectivity index (χ2v) is 23.1. The number of fused-ring (bicyclic) bond motifs is 18. The van der Waals surface area contributed by atoms with E-state index in [2.05, 4.69) is 325 Å². The molecule has 86 heavy (non-hydrogen) atoms. The molecule has 18 rings (SSSR count). The predicted octanol–water partition coefficient (Wildman–Crippen LogP) is 23.1. The van der Waals surface area contributed by atoms with Gasteiger partial charge in [-0.15, -0.1) is 0 Å². The zero-order chi connectivity index (χ0) is 56.4. The molecule has 0 fully saturated rings. The van der Waals surface area contributed by atoms with Gasteiger partial charge in [-0.2, -0.15) is 0 Å². The highest BCUT2D eigenvalue weighted by atomic mass is 15.0. The van der Waals surface area contributed by atoms with Gasteiger partial charge in [0.05, 0.1) is 22.1 Å². The summed E-state index contributed by atoms with van der Waals surface area (Å²) >= 11 is 0. The molecular formula is C84H52N2. The summed E-state index contributed by atoms with van der Waals surface area (Å²) in [6.07, 6.45) is 0. The Balaban J connectivity index is 0.663. The highest BCUT2D eigenvalue weighted by Crippen LogP contribution is 2.44. The van der Waals surface area contributed by atoms with Crippen LogP contribution in [0.15, 0.2) is 315 Å². The van der Waals surface area contributed by atoms with E-state index in [1.165, 1.54) is 164 Å². The van der Waals surface area contributed by atoms with Crippen LogP contribution < -0.4 is 0 Å². The molecule has 2 heteroatoms. The van der Waals surface area contributed by atoms with E-state index in [9.17, 15) is 0 Å². The predicted molar refractivity (Wildman–Crippen MR) is 367 cm³/mol. The summed E-state index contributed by atoms with van der Waals surface area (Å²) in [7, 11) is 0. The van der Waals surface area contributed by atoms with E-state index in [1.54, 1.807) is 0 Å². The Morgan fingerprint density at radius 2 is 0.453 bits per heavy atom. The summed E-state index contributed by atoms with van der Waals surface area (Å²) in [5, 5.41) is 20.4. The molecule has 18 aromatic rings. The Morgan fingerprint density at radius 3 is 0.930 bits per heavy atom. The SMILES string of the molecule is c1cc(-c2ccc(-c3ccc4c5ccc(-c6cccc7c6c6ccccc6n7-c6ccc(-c7ccc(-c8ccc9c%10ccccc%10c%10ccccc%10c9c8)cc7)cc6)cc5c5ccccc5c4c3)cc2)cc(-n2c3ccccc3c3ccccc32)c1. The molecule has 2 nitrogen and oxygen atoms in total. The van der Waals surface area contributed by atoms with E-state index in [0.29, 0.717) is 0 Å². The summed E-state index contributed by atoms with van der Waals surface area (Å²) in [4.78, 5) is 0. The average Bonchev–Trinajstić information content (AvgIpc) is 1.52. The second-order valence-electron chi connectivity index (χ2n) is 23.1. The summed E-state index contributed by atoms with van der Waals surface area (Å²) in [6.45, 7) is 0. The van der Waals surface area contributed by atoms with Gasteiger partial charge in [-0.05, 0) is 187 Å². The lowest BCUT2D eigenvalue weighted by Crippen LogP contribution is -1.94. The molecule has 2 aromatic heterocycles. The molecule has 0 saturated carbocycles. The first-order valence-electron chi connectivity index (χ1n) is 29.8. The van der Waals surface area contributed by atoms with Crippen LogP contribution in [0, 0.1) is 0 Å². The van der Waals surface area contributed by atoms with Crippen molar-refractivity contribution < 1.29 is 0 Å². The minimum absolute atomic E-state index is 1.14. The lowest BCUT2D eigenvalue weighted by molar-refractivity contribution is 1.18. The van der Waals surface area contributed by atoms with Gasteiger partial charge in [0.25, 0.3) is 0 Å². The van der Waals surface area contributed by atoms with Gasteiger partial charge in [-0.1, -0.05) is 249 Å². The number of rotatable bonds is 7. The van der Waals surface area contributed by atoms with Crippen LogP contribution in [0.4, 0.5) is 0 Å². The van der Waals surface area contributed by atoms with E-state index < -0.39 is 0 Å².